The largest absolute Gasteiger partial charge is 0.303 e. The summed E-state index contributed by atoms with van der Waals surface area (Å²) < 4.78 is 0. The molecule has 1 aliphatic rings. The molecule has 1 saturated heterocycles. The predicted octanol–water partition coefficient (Wildman–Crippen LogP) is 5.59. The number of aryl methyl sites for hydroxylation is 2. The minimum absolute atomic E-state index is 0.781. The molecule has 0 spiro atoms. The maximum Gasteiger partial charge on any atom is -0.00129 e. The van der Waals surface area contributed by atoms with Gasteiger partial charge < -0.3 is 4.90 Å². The van der Waals surface area contributed by atoms with Gasteiger partial charge >= 0.3 is 0 Å². The molecular weight excluding hydrogens is 290 g/mol. The van der Waals surface area contributed by atoms with E-state index in [2.05, 4.69) is 66.4 Å². The Hall–Kier alpha value is -1.60. The lowest BCUT2D eigenvalue weighted by Crippen LogP contribution is -2.33. The monoisotopic (exact) mass is 321 g/mol. The van der Waals surface area contributed by atoms with Gasteiger partial charge in [0.05, 0.1) is 0 Å². The van der Waals surface area contributed by atoms with Gasteiger partial charge in [0, 0.05) is 0 Å². The summed E-state index contributed by atoms with van der Waals surface area (Å²) in [6, 6.07) is 20.1. The maximum absolute atomic E-state index is 2.67. The third-order valence-corrected chi connectivity index (χ3v) is 5.42. The normalized spacial score (nSPS) is 16.4. The van der Waals surface area contributed by atoms with Gasteiger partial charge in [-0.05, 0) is 75.7 Å². The van der Waals surface area contributed by atoms with Gasteiger partial charge in [-0.2, -0.15) is 0 Å². The molecule has 24 heavy (non-hydrogen) atoms. The Labute approximate surface area is 147 Å². The Morgan fingerprint density at radius 1 is 0.833 bits per heavy atom. The van der Waals surface area contributed by atoms with Crippen molar-refractivity contribution in [3.8, 4) is 0 Å². The number of nitrogens with zero attached hydrogens (tertiary/aromatic N) is 1. The van der Waals surface area contributed by atoms with Crippen LogP contribution in [-0.2, 0) is 6.42 Å². The fourth-order valence-electron chi connectivity index (χ4n) is 3.81. The van der Waals surface area contributed by atoms with Crippen LogP contribution in [0.15, 0.2) is 54.6 Å². The van der Waals surface area contributed by atoms with Gasteiger partial charge in [-0.15, -0.1) is 0 Å². The molecule has 0 radical (unpaired) electrons. The van der Waals surface area contributed by atoms with E-state index in [4.69, 9.17) is 0 Å². The first-order chi connectivity index (χ1) is 11.8. The lowest BCUT2D eigenvalue weighted by atomic mass is 9.89. The van der Waals surface area contributed by atoms with E-state index in [9.17, 15) is 0 Å². The molecule has 3 rings (SSSR count). The first kappa shape index (κ1) is 17.2. The van der Waals surface area contributed by atoms with E-state index >= 15 is 0 Å². The zero-order chi connectivity index (χ0) is 16.6. The highest BCUT2D eigenvalue weighted by molar-refractivity contribution is 5.21. The van der Waals surface area contributed by atoms with Crippen molar-refractivity contribution in [3.63, 3.8) is 0 Å². The molecule has 0 N–H and O–H groups in total. The Balaban J connectivity index is 1.29. The van der Waals surface area contributed by atoms with Gasteiger partial charge in [-0.3, -0.25) is 0 Å². The molecule has 128 valence electrons. The lowest BCUT2D eigenvalue weighted by molar-refractivity contribution is 0.208. The first-order valence-corrected chi connectivity index (χ1v) is 9.64. The van der Waals surface area contributed by atoms with Crippen LogP contribution in [0.5, 0.6) is 0 Å². The summed E-state index contributed by atoms with van der Waals surface area (Å²) >= 11 is 0. The summed E-state index contributed by atoms with van der Waals surface area (Å²) in [5.41, 5.74) is 4.39. The first-order valence-electron chi connectivity index (χ1n) is 9.64. The maximum atomic E-state index is 2.67. The Bertz CT molecular complexity index is 579. The average Bonchev–Trinajstić information content (AvgIpc) is 2.64. The van der Waals surface area contributed by atoms with Gasteiger partial charge in [0.2, 0.25) is 0 Å². The third-order valence-electron chi connectivity index (χ3n) is 5.42. The topological polar surface area (TPSA) is 3.24 Å². The fraction of sp³-hybridized carbons (Fsp3) is 0.478. The van der Waals surface area contributed by atoms with Gasteiger partial charge in [0.25, 0.3) is 0 Å². The summed E-state index contributed by atoms with van der Waals surface area (Å²) in [6.45, 7) is 6.00. The van der Waals surface area contributed by atoms with Crippen molar-refractivity contribution in [3.05, 3.63) is 71.3 Å². The second-order valence-corrected chi connectivity index (χ2v) is 7.32. The second kappa shape index (κ2) is 9.03. The molecule has 0 atom stereocenters. The van der Waals surface area contributed by atoms with Crippen LogP contribution >= 0.6 is 0 Å². The molecule has 2 aromatic rings. The Kier molecular flexibility index (Phi) is 6.48. The Morgan fingerprint density at radius 3 is 2.25 bits per heavy atom. The molecule has 1 nitrogen and oxygen atoms in total. The van der Waals surface area contributed by atoms with Crippen molar-refractivity contribution in [2.45, 2.75) is 51.4 Å². The van der Waals surface area contributed by atoms with Crippen LogP contribution in [0.3, 0.4) is 0 Å². The number of unbranched alkanes of at least 4 members (excludes halogenated alkanes) is 2. The number of piperidine rings is 1. The van der Waals surface area contributed by atoms with Crippen LogP contribution in [0.1, 0.15) is 54.7 Å². The minimum Gasteiger partial charge on any atom is -0.303 e. The van der Waals surface area contributed by atoms with E-state index in [0.717, 1.165) is 5.92 Å². The molecule has 0 aromatic heterocycles. The van der Waals surface area contributed by atoms with E-state index < -0.39 is 0 Å². The average molecular weight is 322 g/mol. The molecule has 2 aromatic carbocycles. The second-order valence-electron chi connectivity index (χ2n) is 7.32. The molecule has 0 unspecified atom stereocenters. The van der Waals surface area contributed by atoms with Crippen molar-refractivity contribution >= 4 is 0 Å². The number of hydrogen-bond acceptors (Lipinski definition) is 1. The van der Waals surface area contributed by atoms with Gasteiger partial charge in [-0.25, -0.2) is 0 Å². The number of hydrogen-bond donors (Lipinski definition) is 0. The number of likely N-dealkylation sites (tertiary alicyclic amines) is 1. The van der Waals surface area contributed by atoms with E-state index in [0.29, 0.717) is 0 Å². The smallest absolute Gasteiger partial charge is 0.00129 e. The summed E-state index contributed by atoms with van der Waals surface area (Å²) in [5.74, 6) is 0.781. The molecule has 0 bridgehead atoms. The Morgan fingerprint density at radius 2 is 1.54 bits per heavy atom. The quantitative estimate of drug-likeness (QED) is 0.601. The standard InChI is InChI=1S/C23H31N/c1-20-11-13-21(14-12-20)8-4-3-7-17-24-18-15-23(16-19-24)22-9-5-2-6-10-22/h2,5-6,9-14,23H,3-4,7-8,15-19H2,1H3. The van der Waals surface area contributed by atoms with Crippen molar-refractivity contribution < 1.29 is 0 Å². The molecule has 0 saturated carbocycles. The van der Waals surface area contributed by atoms with Crippen LogP contribution in [-0.4, -0.2) is 24.5 Å². The summed E-state index contributed by atoms with van der Waals surface area (Å²) in [5, 5.41) is 0. The van der Waals surface area contributed by atoms with Crippen LogP contribution in [0.2, 0.25) is 0 Å². The van der Waals surface area contributed by atoms with E-state index in [-0.39, 0.29) is 0 Å². The van der Waals surface area contributed by atoms with Gasteiger partial charge in [0.15, 0.2) is 0 Å². The summed E-state index contributed by atoms with van der Waals surface area (Å²) in [6.07, 6.45) is 7.91. The predicted molar refractivity (Wildman–Crippen MR) is 104 cm³/mol. The number of benzene rings is 2. The zero-order valence-corrected chi connectivity index (χ0v) is 15.1. The van der Waals surface area contributed by atoms with Gasteiger partial charge in [0.1, 0.15) is 0 Å². The lowest BCUT2D eigenvalue weighted by Gasteiger charge is -2.32. The van der Waals surface area contributed by atoms with E-state index in [1.54, 1.807) is 0 Å². The van der Waals surface area contributed by atoms with Crippen LogP contribution in [0, 0.1) is 6.92 Å². The highest BCUT2D eigenvalue weighted by Gasteiger charge is 2.19. The van der Waals surface area contributed by atoms with Crippen LogP contribution in [0.25, 0.3) is 0 Å². The van der Waals surface area contributed by atoms with Gasteiger partial charge in [-0.1, -0.05) is 66.6 Å². The van der Waals surface area contributed by atoms with E-state index in [1.807, 2.05) is 0 Å². The van der Waals surface area contributed by atoms with Crippen LogP contribution in [0.4, 0.5) is 0 Å². The van der Waals surface area contributed by atoms with Crippen LogP contribution < -0.4 is 0 Å². The van der Waals surface area contributed by atoms with Crippen molar-refractivity contribution in [2.24, 2.45) is 0 Å². The molecule has 1 aliphatic heterocycles. The number of rotatable bonds is 7. The molecular formula is C23H31N. The molecule has 1 heterocycles. The SMILES string of the molecule is Cc1ccc(CCCCCN2CCC(c3ccccc3)CC2)cc1. The van der Waals surface area contributed by atoms with Crippen molar-refractivity contribution in [1.29, 1.82) is 0 Å². The highest BCUT2D eigenvalue weighted by Crippen LogP contribution is 2.27. The summed E-state index contributed by atoms with van der Waals surface area (Å²) in [4.78, 5) is 2.67. The minimum atomic E-state index is 0.781. The molecule has 0 aliphatic carbocycles. The fourth-order valence-corrected chi connectivity index (χ4v) is 3.81. The van der Waals surface area contributed by atoms with Crippen molar-refractivity contribution in [2.75, 3.05) is 19.6 Å². The van der Waals surface area contributed by atoms with Crippen molar-refractivity contribution in [1.82, 2.24) is 4.90 Å². The molecule has 1 heteroatoms. The molecule has 0 amide bonds. The van der Waals surface area contributed by atoms with E-state index in [1.165, 1.54) is 74.8 Å². The highest BCUT2D eigenvalue weighted by atomic mass is 15.1. The third kappa shape index (κ3) is 5.21. The summed E-state index contributed by atoms with van der Waals surface area (Å²) in [7, 11) is 0. The molecule has 1 fully saturated rings. The zero-order valence-electron chi connectivity index (χ0n) is 15.1.